The van der Waals surface area contributed by atoms with Crippen molar-refractivity contribution in [2.45, 2.75) is 6.92 Å². The van der Waals surface area contributed by atoms with Crippen LogP contribution >= 0.6 is 0 Å². The Balaban J connectivity index is 2.30. The van der Waals surface area contributed by atoms with Crippen molar-refractivity contribution < 1.29 is 18.7 Å². The van der Waals surface area contributed by atoms with Crippen molar-refractivity contribution in [3.05, 3.63) is 59.4 Å². The van der Waals surface area contributed by atoms with Gasteiger partial charge in [0.15, 0.2) is 0 Å². The molecular weight excluding hydrogens is 297 g/mol. The van der Waals surface area contributed by atoms with E-state index in [-0.39, 0.29) is 11.4 Å². The molecule has 5 heteroatoms. The molecule has 1 N–H and O–H groups in total. The standard InChI is InChI=1S/C18H14FNO3/c1-10-3-8-14-13(9-10)15(17(21)18(22)23-2)16(20-14)11-4-6-12(19)7-5-11/h3-9,20H,1-2H3. The minimum absolute atomic E-state index is 0.238. The zero-order valence-corrected chi connectivity index (χ0v) is 12.6. The highest BCUT2D eigenvalue weighted by atomic mass is 19.1. The van der Waals surface area contributed by atoms with Crippen molar-refractivity contribution in [3.63, 3.8) is 0 Å². The fourth-order valence-electron chi connectivity index (χ4n) is 2.57. The molecule has 0 spiro atoms. The van der Waals surface area contributed by atoms with Crippen LogP contribution in [0, 0.1) is 12.7 Å². The maximum Gasteiger partial charge on any atom is 0.379 e. The second kappa shape index (κ2) is 5.68. The average Bonchev–Trinajstić information content (AvgIpc) is 2.92. The lowest BCUT2D eigenvalue weighted by molar-refractivity contribution is -0.135. The molecule has 0 saturated heterocycles. The molecule has 3 rings (SSSR count). The molecule has 0 aliphatic rings. The number of halogens is 1. The van der Waals surface area contributed by atoms with Crippen LogP contribution in [0.3, 0.4) is 0 Å². The molecule has 3 aromatic rings. The predicted molar refractivity (Wildman–Crippen MR) is 84.8 cm³/mol. The maximum absolute atomic E-state index is 13.2. The summed E-state index contributed by atoms with van der Waals surface area (Å²) < 4.78 is 17.7. The number of hydrogen-bond donors (Lipinski definition) is 1. The van der Waals surface area contributed by atoms with Gasteiger partial charge in [-0.05, 0) is 48.9 Å². The van der Waals surface area contributed by atoms with Crippen molar-refractivity contribution in [1.82, 2.24) is 4.98 Å². The number of aromatic nitrogens is 1. The van der Waals surface area contributed by atoms with Gasteiger partial charge in [-0.15, -0.1) is 0 Å². The van der Waals surface area contributed by atoms with Gasteiger partial charge in [0.25, 0.3) is 5.78 Å². The van der Waals surface area contributed by atoms with E-state index in [4.69, 9.17) is 0 Å². The van der Waals surface area contributed by atoms with Gasteiger partial charge < -0.3 is 9.72 Å². The second-order valence-corrected chi connectivity index (χ2v) is 5.25. The molecular formula is C18H14FNO3. The van der Waals surface area contributed by atoms with Gasteiger partial charge >= 0.3 is 5.97 Å². The molecule has 4 nitrogen and oxygen atoms in total. The topological polar surface area (TPSA) is 59.2 Å². The van der Waals surface area contributed by atoms with Crippen molar-refractivity contribution in [3.8, 4) is 11.3 Å². The van der Waals surface area contributed by atoms with E-state index < -0.39 is 11.8 Å². The summed E-state index contributed by atoms with van der Waals surface area (Å²) in [5.74, 6) is -2.04. The predicted octanol–water partition coefficient (Wildman–Crippen LogP) is 3.64. The van der Waals surface area contributed by atoms with Gasteiger partial charge in [-0.1, -0.05) is 11.6 Å². The Hall–Kier alpha value is -2.95. The summed E-state index contributed by atoms with van der Waals surface area (Å²) in [6, 6.07) is 11.3. The monoisotopic (exact) mass is 311 g/mol. The number of H-pyrrole nitrogens is 1. The van der Waals surface area contributed by atoms with E-state index in [0.717, 1.165) is 18.2 Å². The average molecular weight is 311 g/mol. The molecule has 1 aromatic heterocycles. The molecule has 1 heterocycles. The van der Waals surface area contributed by atoms with E-state index in [1.165, 1.54) is 12.1 Å². The van der Waals surface area contributed by atoms with Crippen LogP contribution in [0.5, 0.6) is 0 Å². The number of carbonyl (C=O) groups is 2. The highest BCUT2D eigenvalue weighted by Crippen LogP contribution is 2.31. The summed E-state index contributed by atoms with van der Waals surface area (Å²) in [5, 5.41) is 0.639. The SMILES string of the molecule is COC(=O)C(=O)c1c(-c2ccc(F)cc2)[nH]c2ccc(C)cc12. The quantitative estimate of drug-likeness (QED) is 0.456. The van der Waals surface area contributed by atoms with E-state index >= 15 is 0 Å². The van der Waals surface area contributed by atoms with Crippen LogP contribution in [0.25, 0.3) is 22.2 Å². The Labute approximate surface area is 131 Å². The number of ketones is 1. The summed E-state index contributed by atoms with van der Waals surface area (Å²) in [6.07, 6.45) is 0. The number of rotatable bonds is 3. The van der Waals surface area contributed by atoms with Gasteiger partial charge in [0.2, 0.25) is 0 Å². The minimum atomic E-state index is -0.934. The summed E-state index contributed by atoms with van der Waals surface area (Å²) >= 11 is 0. The number of aryl methyl sites for hydroxylation is 1. The van der Waals surface area contributed by atoms with Crippen LogP contribution in [-0.4, -0.2) is 23.8 Å². The zero-order valence-electron chi connectivity index (χ0n) is 12.6. The number of Topliss-reactive ketones (excluding diaryl/α,β-unsaturated/α-hetero) is 1. The summed E-state index contributed by atoms with van der Waals surface area (Å²) in [5.41, 5.74) is 3.01. The number of methoxy groups -OCH3 is 1. The first kappa shape index (κ1) is 15.0. The van der Waals surface area contributed by atoms with Crippen LogP contribution in [0.15, 0.2) is 42.5 Å². The van der Waals surface area contributed by atoms with E-state index in [2.05, 4.69) is 9.72 Å². The molecule has 0 amide bonds. The lowest BCUT2D eigenvalue weighted by Gasteiger charge is -2.04. The first-order valence-electron chi connectivity index (χ1n) is 7.02. The Morgan fingerprint density at radius 2 is 1.78 bits per heavy atom. The number of esters is 1. The van der Waals surface area contributed by atoms with Gasteiger partial charge in [0.1, 0.15) is 5.82 Å². The van der Waals surface area contributed by atoms with Gasteiger partial charge in [-0.25, -0.2) is 9.18 Å². The van der Waals surface area contributed by atoms with Gasteiger partial charge in [-0.2, -0.15) is 0 Å². The number of benzene rings is 2. The lowest BCUT2D eigenvalue weighted by Crippen LogP contribution is -2.16. The smallest absolute Gasteiger partial charge is 0.379 e. The molecule has 0 saturated carbocycles. The molecule has 0 radical (unpaired) electrons. The van der Waals surface area contributed by atoms with E-state index in [1.807, 2.05) is 25.1 Å². The van der Waals surface area contributed by atoms with Crippen LogP contribution in [0.1, 0.15) is 15.9 Å². The lowest BCUT2D eigenvalue weighted by atomic mass is 10.0. The number of hydrogen-bond acceptors (Lipinski definition) is 3. The molecule has 0 unspecified atom stereocenters. The fourth-order valence-corrected chi connectivity index (χ4v) is 2.57. The van der Waals surface area contributed by atoms with E-state index in [1.54, 1.807) is 12.1 Å². The summed E-state index contributed by atoms with van der Waals surface area (Å²) in [7, 11) is 1.16. The van der Waals surface area contributed by atoms with Crippen LogP contribution in [0.4, 0.5) is 4.39 Å². The van der Waals surface area contributed by atoms with Gasteiger partial charge in [-0.3, -0.25) is 4.79 Å². The second-order valence-electron chi connectivity index (χ2n) is 5.25. The van der Waals surface area contributed by atoms with Crippen LogP contribution < -0.4 is 0 Å². The molecule has 2 aromatic carbocycles. The molecule has 0 bridgehead atoms. The third-order valence-corrected chi connectivity index (χ3v) is 3.68. The molecule has 116 valence electrons. The summed E-state index contributed by atoms with van der Waals surface area (Å²) in [6.45, 7) is 1.90. The Morgan fingerprint density at radius 3 is 2.43 bits per heavy atom. The minimum Gasteiger partial charge on any atom is -0.463 e. The first-order valence-corrected chi connectivity index (χ1v) is 7.02. The zero-order chi connectivity index (χ0) is 16.6. The highest BCUT2D eigenvalue weighted by Gasteiger charge is 2.25. The third kappa shape index (κ3) is 2.61. The number of carbonyl (C=O) groups excluding carboxylic acids is 2. The van der Waals surface area contributed by atoms with Crippen molar-refractivity contribution >= 4 is 22.7 Å². The van der Waals surface area contributed by atoms with Crippen molar-refractivity contribution in [2.24, 2.45) is 0 Å². The third-order valence-electron chi connectivity index (χ3n) is 3.68. The molecule has 0 fully saturated rings. The van der Waals surface area contributed by atoms with E-state index in [0.29, 0.717) is 16.6 Å². The van der Waals surface area contributed by atoms with Gasteiger partial charge in [0, 0.05) is 10.9 Å². The molecule has 23 heavy (non-hydrogen) atoms. The van der Waals surface area contributed by atoms with Crippen LogP contribution in [-0.2, 0) is 9.53 Å². The molecule has 0 aliphatic carbocycles. The summed E-state index contributed by atoms with van der Waals surface area (Å²) in [4.78, 5) is 27.3. The highest BCUT2D eigenvalue weighted by molar-refractivity contribution is 6.44. The molecule has 0 aliphatic heterocycles. The Bertz CT molecular complexity index is 910. The number of ether oxygens (including phenoxy) is 1. The Kier molecular flexibility index (Phi) is 3.70. The number of fused-ring (bicyclic) bond motifs is 1. The fraction of sp³-hybridized carbons (Fsp3) is 0.111. The van der Waals surface area contributed by atoms with Crippen molar-refractivity contribution in [2.75, 3.05) is 7.11 Å². The number of nitrogens with one attached hydrogen (secondary N) is 1. The Morgan fingerprint density at radius 1 is 1.09 bits per heavy atom. The first-order chi connectivity index (χ1) is 11.0. The normalized spacial score (nSPS) is 10.7. The maximum atomic E-state index is 13.2. The van der Waals surface area contributed by atoms with Gasteiger partial charge in [0.05, 0.1) is 18.4 Å². The van der Waals surface area contributed by atoms with E-state index in [9.17, 15) is 14.0 Å². The molecule has 0 atom stereocenters. The van der Waals surface area contributed by atoms with Crippen molar-refractivity contribution in [1.29, 1.82) is 0 Å². The number of aromatic amines is 1. The largest absolute Gasteiger partial charge is 0.463 e. The van der Waals surface area contributed by atoms with Crippen LogP contribution in [0.2, 0.25) is 0 Å².